The summed E-state index contributed by atoms with van der Waals surface area (Å²) < 4.78 is 67.0. The van der Waals surface area contributed by atoms with Gasteiger partial charge in [0, 0.05) is 37.6 Å². The molecule has 0 radical (unpaired) electrons. The minimum atomic E-state index is -4.47. The number of carbonyl (C=O) groups is 1. The molecule has 0 spiro atoms. The van der Waals surface area contributed by atoms with E-state index in [9.17, 15) is 26.4 Å². The monoisotopic (exact) mass is 633 g/mol. The number of benzene rings is 1. The predicted molar refractivity (Wildman–Crippen MR) is 154 cm³/mol. The zero-order valence-corrected chi connectivity index (χ0v) is 24.1. The third kappa shape index (κ3) is 6.81. The van der Waals surface area contributed by atoms with E-state index in [0.29, 0.717) is 33.5 Å². The molecule has 0 fully saturated rings. The van der Waals surface area contributed by atoms with Crippen LogP contribution in [0.1, 0.15) is 16.7 Å². The summed E-state index contributed by atoms with van der Waals surface area (Å²) in [5.41, 5.74) is 1.61. The van der Waals surface area contributed by atoms with Crippen LogP contribution in [-0.4, -0.2) is 41.2 Å². The molecule has 0 aliphatic carbocycles. The number of alkyl halides is 3. The Kier molecular flexibility index (Phi) is 8.64. The quantitative estimate of drug-likeness (QED) is 0.228. The standard InChI is InChI=1S/C28H23ClF3N5O3S2/c29-24-7-8-26(41-24)42(39,40)37-13-1-2-23(37)27(38)35-17-19-14-22(20-3-5-21(6-4-20)28(30,31)32)36-25(15-19)34-16-18-9-11-33-12-10-18/h1-12,14-15,23H,13,16-17H2,(H,34,36)(H,35,38)/t23-/m0/s1. The van der Waals surface area contributed by atoms with Crippen LogP contribution in [0.25, 0.3) is 11.3 Å². The smallest absolute Gasteiger partial charge is 0.366 e. The highest BCUT2D eigenvalue weighted by molar-refractivity contribution is 7.91. The molecule has 2 N–H and O–H groups in total. The highest BCUT2D eigenvalue weighted by atomic mass is 35.5. The van der Waals surface area contributed by atoms with Crippen LogP contribution in [0, 0.1) is 0 Å². The Bertz CT molecular complexity index is 1710. The first-order valence-corrected chi connectivity index (χ1v) is 15.2. The number of nitrogens with zero attached hydrogens (tertiary/aromatic N) is 3. The van der Waals surface area contributed by atoms with E-state index < -0.39 is 33.7 Å². The molecule has 14 heteroatoms. The number of halogens is 4. The molecular weight excluding hydrogens is 611 g/mol. The third-order valence-corrected chi connectivity index (χ3v) is 9.92. The summed E-state index contributed by atoms with van der Waals surface area (Å²) in [5.74, 6) is -0.0952. The number of pyridine rings is 2. The molecule has 0 saturated heterocycles. The number of aromatic nitrogens is 2. The molecule has 0 saturated carbocycles. The van der Waals surface area contributed by atoms with E-state index in [1.807, 2.05) is 12.1 Å². The SMILES string of the molecule is O=C(NCc1cc(NCc2ccncc2)nc(-c2ccc(C(F)(F)F)cc2)c1)[C@@H]1C=CCN1S(=O)(=O)c1ccc(Cl)s1. The lowest BCUT2D eigenvalue weighted by atomic mass is 10.1. The summed E-state index contributed by atoms with van der Waals surface area (Å²) in [4.78, 5) is 21.7. The summed E-state index contributed by atoms with van der Waals surface area (Å²) in [5, 5.41) is 5.97. The molecule has 1 amide bonds. The van der Waals surface area contributed by atoms with Gasteiger partial charge in [0.05, 0.1) is 15.6 Å². The van der Waals surface area contributed by atoms with Crippen molar-refractivity contribution in [2.45, 2.75) is 29.5 Å². The molecule has 4 heterocycles. The van der Waals surface area contributed by atoms with Crippen molar-refractivity contribution in [2.75, 3.05) is 11.9 Å². The molecule has 8 nitrogen and oxygen atoms in total. The van der Waals surface area contributed by atoms with Gasteiger partial charge in [0.1, 0.15) is 16.1 Å². The van der Waals surface area contributed by atoms with Crippen molar-refractivity contribution in [3.63, 3.8) is 0 Å². The highest BCUT2D eigenvalue weighted by Gasteiger charge is 2.37. The Labute approximate surface area is 248 Å². The number of hydrogen-bond donors (Lipinski definition) is 2. The van der Waals surface area contributed by atoms with Gasteiger partial charge in [0.15, 0.2) is 0 Å². The highest BCUT2D eigenvalue weighted by Crippen LogP contribution is 2.32. The second kappa shape index (κ2) is 12.2. The summed E-state index contributed by atoms with van der Waals surface area (Å²) in [7, 11) is -3.95. The maximum absolute atomic E-state index is 13.2. The van der Waals surface area contributed by atoms with Gasteiger partial charge in [-0.25, -0.2) is 13.4 Å². The average Bonchev–Trinajstić information content (AvgIpc) is 3.65. The Morgan fingerprint density at radius 2 is 1.76 bits per heavy atom. The molecule has 1 atom stereocenters. The molecular formula is C28H23ClF3N5O3S2. The molecule has 0 unspecified atom stereocenters. The molecule has 4 aromatic rings. The summed E-state index contributed by atoms with van der Waals surface area (Å²) in [6.07, 6.45) is 1.95. The Morgan fingerprint density at radius 1 is 1.02 bits per heavy atom. The Balaban J connectivity index is 1.36. The number of anilines is 1. The zero-order chi connectivity index (χ0) is 29.9. The topological polar surface area (TPSA) is 104 Å². The lowest BCUT2D eigenvalue weighted by Crippen LogP contribution is -2.45. The number of hydrogen-bond acceptors (Lipinski definition) is 7. The maximum Gasteiger partial charge on any atom is 0.416 e. The van der Waals surface area contributed by atoms with Crippen molar-refractivity contribution in [3.8, 4) is 11.3 Å². The number of thiophene rings is 1. The molecule has 1 aromatic carbocycles. The lowest BCUT2D eigenvalue weighted by Gasteiger charge is -2.22. The van der Waals surface area contributed by atoms with Crippen molar-refractivity contribution in [1.29, 1.82) is 0 Å². The van der Waals surface area contributed by atoms with Gasteiger partial charge in [0.25, 0.3) is 10.0 Å². The average molecular weight is 634 g/mol. The van der Waals surface area contributed by atoms with Crippen LogP contribution in [0.15, 0.2) is 89.4 Å². The van der Waals surface area contributed by atoms with Gasteiger partial charge in [-0.15, -0.1) is 11.3 Å². The van der Waals surface area contributed by atoms with Crippen molar-refractivity contribution >= 4 is 44.7 Å². The molecule has 0 bridgehead atoms. The second-order valence-electron chi connectivity index (χ2n) is 9.25. The van der Waals surface area contributed by atoms with Crippen LogP contribution < -0.4 is 10.6 Å². The molecule has 1 aliphatic rings. The fraction of sp³-hybridized carbons (Fsp3) is 0.179. The van der Waals surface area contributed by atoms with Crippen LogP contribution in [0.3, 0.4) is 0 Å². The van der Waals surface area contributed by atoms with E-state index in [4.69, 9.17) is 11.6 Å². The normalized spacial score (nSPS) is 15.6. The number of rotatable bonds is 9. The van der Waals surface area contributed by atoms with Crippen molar-refractivity contribution in [2.24, 2.45) is 0 Å². The number of sulfonamides is 1. The van der Waals surface area contributed by atoms with Gasteiger partial charge < -0.3 is 10.6 Å². The van der Waals surface area contributed by atoms with E-state index in [2.05, 4.69) is 20.6 Å². The van der Waals surface area contributed by atoms with Gasteiger partial charge in [-0.05, 0) is 59.7 Å². The number of carbonyl (C=O) groups excluding carboxylic acids is 1. The fourth-order valence-corrected chi connectivity index (χ4v) is 7.38. The van der Waals surface area contributed by atoms with Crippen LogP contribution in [0.4, 0.5) is 19.0 Å². The third-order valence-electron chi connectivity index (χ3n) is 6.38. The van der Waals surface area contributed by atoms with Crippen molar-refractivity contribution < 1.29 is 26.4 Å². The van der Waals surface area contributed by atoms with Crippen LogP contribution in [0.5, 0.6) is 0 Å². The van der Waals surface area contributed by atoms with Gasteiger partial charge in [-0.1, -0.05) is 35.9 Å². The molecule has 218 valence electrons. The van der Waals surface area contributed by atoms with Gasteiger partial charge >= 0.3 is 6.18 Å². The molecule has 5 rings (SSSR count). The van der Waals surface area contributed by atoms with Crippen LogP contribution >= 0.6 is 22.9 Å². The van der Waals surface area contributed by atoms with Crippen LogP contribution in [-0.2, 0) is 34.1 Å². The predicted octanol–water partition coefficient (Wildman–Crippen LogP) is 5.73. The zero-order valence-electron chi connectivity index (χ0n) is 21.7. The van der Waals surface area contributed by atoms with E-state index in [-0.39, 0.29) is 17.3 Å². The summed E-state index contributed by atoms with van der Waals surface area (Å²) in [6, 6.07) is 13.5. The minimum absolute atomic E-state index is 0.0159. The largest absolute Gasteiger partial charge is 0.416 e. The lowest BCUT2D eigenvalue weighted by molar-refractivity contribution is -0.137. The molecule has 42 heavy (non-hydrogen) atoms. The summed E-state index contributed by atoms with van der Waals surface area (Å²) in [6.45, 7) is 0.457. The van der Waals surface area contributed by atoms with E-state index in [0.717, 1.165) is 33.3 Å². The van der Waals surface area contributed by atoms with E-state index in [1.165, 1.54) is 30.3 Å². The number of nitrogens with one attached hydrogen (secondary N) is 2. The van der Waals surface area contributed by atoms with Gasteiger partial charge in [-0.2, -0.15) is 17.5 Å². The minimum Gasteiger partial charge on any atom is -0.366 e. The Morgan fingerprint density at radius 3 is 2.43 bits per heavy atom. The first-order chi connectivity index (χ1) is 20.0. The van der Waals surface area contributed by atoms with Crippen molar-refractivity contribution in [3.05, 3.63) is 106 Å². The van der Waals surface area contributed by atoms with Crippen LogP contribution in [0.2, 0.25) is 4.34 Å². The fourth-order valence-electron chi connectivity index (χ4n) is 4.27. The maximum atomic E-state index is 13.2. The first-order valence-electron chi connectivity index (χ1n) is 12.5. The number of amides is 1. The summed E-state index contributed by atoms with van der Waals surface area (Å²) >= 11 is 6.83. The van der Waals surface area contributed by atoms with E-state index in [1.54, 1.807) is 30.6 Å². The first kappa shape index (κ1) is 29.7. The van der Waals surface area contributed by atoms with Gasteiger partial charge in [0.2, 0.25) is 5.91 Å². The van der Waals surface area contributed by atoms with Crippen molar-refractivity contribution in [1.82, 2.24) is 19.6 Å². The second-order valence-corrected chi connectivity index (χ2v) is 13.1. The molecule has 3 aromatic heterocycles. The Hall–Kier alpha value is -3.78. The van der Waals surface area contributed by atoms with Gasteiger partial charge in [-0.3, -0.25) is 9.78 Å². The van der Waals surface area contributed by atoms with E-state index >= 15 is 0 Å². The molecule has 1 aliphatic heterocycles.